The van der Waals surface area contributed by atoms with Crippen molar-refractivity contribution in [2.75, 3.05) is 0 Å². The van der Waals surface area contributed by atoms with Crippen molar-refractivity contribution in [3.05, 3.63) is 105 Å². The smallest absolute Gasteiger partial charge is 0.250 e. The van der Waals surface area contributed by atoms with Crippen LogP contribution in [0.1, 0.15) is 17.0 Å². The lowest BCUT2D eigenvalue weighted by atomic mass is 10.1. The Bertz CT molecular complexity index is 1230. The Labute approximate surface area is 177 Å². The molecule has 2 heterocycles. The van der Waals surface area contributed by atoms with E-state index >= 15 is 0 Å². The van der Waals surface area contributed by atoms with E-state index in [9.17, 15) is 9.18 Å². The minimum absolute atomic E-state index is 0.119. The van der Waals surface area contributed by atoms with Crippen LogP contribution in [-0.4, -0.2) is 9.72 Å². The number of aryl methyl sites for hydroxylation is 1. The molecule has 0 saturated carbocycles. The van der Waals surface area contributed by atoms with Gasteiger partial charge in [0.15, 0.2) is 0 Å². The van der Waals surface area contributed by atoms with Crippen molar-refractivity contribution in [2.24, 2.45) is 0 Å². The molecule has 4 rings (SSSR count). The van der Waals surface area contributed by atoms with E-state index in [1.807, 2.05) is 37.3 Å². The van der Waals surface area contributed by atoms with E-state index in [0.717, 1.165) is 22.6 Å². The number of hydrogen-bond donors (Lipinski definition) is 0. The Morgan fingerprint density at radius 2 is 1.83 bits per heavy atom. The van der Waals surface area contributed by atoms with Crippen molar-refractivity contribution in [2.45, 2.75) is 20.1 Å². The Hall–Kier alpha value is -3.38. The average Bonchev–Trinajstić information content (AvgIpc) is 3.15. The fourth-order valence-corrected chi connectivity index (χ4v) is 3.20. The zero-order valence-corrected chi connectivity index (χ0v) is 16.9. The van der Waals surface area contributed by atoms with Gasteiger partial charge in [-0.2, -0.15) is 0 Å². The first kappa shape index (κ1) is 19.9. The molecule has 2 aromatic carbocycles. The predicted octanol–water partition coefficient (Wildman–Crippen LogP) is 5.23. The molecule has 2 aromatic heterocycles. The lowest BCUT2D eigenvalue weighted by Gasteiger charge is -2.10. The molecule has 0 fully saturated rings. The van der Waals surface area contributed by atoms with Gasteiger partial charge in [0.2, 0.25) is 0 Å². The summed E-state index contributed by atoms with van der Waals surface area (Å²) in [6.45, 7) is 2.26. The third-order valence-corrected chi connectivity index (χ3v) is 4.83. The second kappa shape index (κ2) is 8.55. The van der Waals surface area contributed by atoms with E-state index in [-0.39, 0.29) is 12.1 Å². The number of benzene rings is 2. The van der Waals surface area contributed by atoms with Crippen molar-refractivity contribution in [3.8, 4) is 16.9 Å². The molecule has 0 aliphatic heterocycles. The molecule has 0 N–H and O–H groups in total. The molecule has 0 atom stereocenters. The molecule has 0 spiro atoms. The maximum Gasteiger partial charge on any atom is 0.250 e. The van der Waals surface area contributed by atoms with Gasteiger partial charge in [-0.1, -0.05) is 35.0 Å². The van der Waals surface area contributed by atoms with Gasteiger partial charge in [0, 0.05) is 28.9 Å². The van der Waals surface area contributed by atoms with Crippen molar-refractivity contribution in [3.63, 3.8) is 0 Å². The van der Waals surface area contributed by atoms with Crippen LogP contribution in [0.2, 0.25) is 5.02 Å². The number of nitrogens with zero attached hydrogens (tertiary/aromatic N) is 2. The highest BCUT2D eigenvalue weighted by Crippen LogP contribution is 2.23. The summed E-state index contributed by atoms with van der Waals surface area (Å²) in [6.07, 6.45) is 1.71. The number of hydrogen-bond acceptors (Lipinski definition) is 4. The van der Waals surface area contributed by atoms with Crippen molar-refractivity contribution in [1.82, 2.24) is 9.72 Å². The molecule has 0 bridgehead atoms. The topological polar surface area (TPSA) is 57.3 Å². The average molecular weight is 425 g/mol. The number of halogens is 2. The first-order chi connectivity index (χ1) is 14.5. The summed E-state index contributed by atoms with van der Waals surface area (Å²) >= 11 is 5.80. The maximum atomic E-state index is 14.1. The summed E-state index contributed by atoms with van der Waals surface area (Å²) in [5.41, 5.74) is 2.65. The highest BCUT2D eigenvalue weighted by molar-refractivity contribution is 6.30. The van der Waals surface area contributed by atoms with Crippen molar-refractivity contribution >= 4 is 11.6 Å². The van der Waals surface area contributed by atoms with Crippen LogP contribution in [0.5, 0.6) is 5.75 Å². The van der Waals surface area contributed by atoms with Gasteiger partial charge < -0.3 is 13.8 Å². The van der Waals surface area contributed by atoms with Gasteiger partial charge in [0.25, 0.3) is 5.56 Å². The maximum absolute atomic E-state index is 14.1. The van der Waals surface area contributed by atoms with Crippen LogP contribution in [0.15, 0.2) is 76.2 Å². The van der Waals surface area contributed by atoms with Crippen LogP contribution in [0.25, 0.3) is 11.1 Å². The van der Waals surface area contributed by atoms with E-state index in [2.05, 4.69) is 5.16 Å². The quantitative estimate of drug-likeness (QED) is 0.425. The largest absolute Gasteiger partial charge is 0.487 e. The fourth-order valence-electron chi connectivity index (χ4n) is 3.05. The van der Waals surface area contributed by atoms with E-state index in [4.69, 9.17) is 20.9 Å². The Kier molecular flexibility index (Phi) is 5.68. The number of ether oxygens (including phenoxy) is 1. The van der Waals surface area contributed by atoms with Crippen LogP contribution < -0.4 is 10.3 Å². The fraction of sp³-hybridized carbons (Fsp3) is 0.130. The van der Waals surface area contributed by atoms with Crippen molar-refractivity contribution in [1.29, 1.82) is 0 Å². The van der Waals surface area contributed by atoms with Gasteiger partial charge in [0.1, 0.15) is 29.6 Å². The van der Waals surface area contributed by atoms with Gasteiger partial charge in [-0.3, -0.25) is 4.79 Å². The third kappa shape index (κ3) is 4.60. The number of aromatic nitrogens is 2. The molecule has 30 heavy (non-hydrogen) atoms. The Balaban J connectivity index is 1.51. The predicted molar refractivity (Wildman–Crippen MR) is 112 cm³/mol. The van der Waals surface area contributed by atoms with Gasteiger partial charge >= 0.3 is 0 Å². The summed E-state index contributed by atoms with van der Waals surface area (Å²) in [5.74, 6) is 0.983. The zero-order chi connectivity index (χ0) is 21.1. The van der Waals surface area contributed by atoms with E-state index in [1.54, 1.807) is 24.4 Å². The first-order valence-electron chi connectivity index (χ1n) is 9.28. The van der Waals surface area contributed by atoms with Crippen LogP contribution in [0, 0.1) is 12.7 Å². The standard InChI is InChI=1S/C23H18ClFN2O3/c1-15-10-20(26-30-15)14-29-21-7-3-16(4-8-21)17-5-9-23(28)27(12-17)13-18-2-6-19(24)11-22(18)25/h2-12H,13-14H2,1H3. The van der Waals surface area contributed by atoms with Crippen LogP contribution >= 0.6 is 11.6 Å². The van der Waals surface area contributed by atoms with Gasteiger partial charge in [-0.15, -0.1) is 0 Å². The molecular weight excluding hydrogens is 407 g/mol. The van der Waals surface area contributed by atoms with E-state index < -0.39 is 5.82 Å². The first-order valence-corrected chi connectivity index (χ1v) is 9.65. The number of rotatable bonds is 6. The third-order valence-electron chi connectivity index (χ3n) is 4.59. The highest BCUT2D eigenvalue weighted by atomic mass is 35.5. The molecule has 152 valence electrons. The van der Waals surface area contributed by atoms with Crippen molar-refractivity contribution < 1.29 is 13.7 Å². The molecular formula is C23H18ClFN2O3. The second-order valence-corrected chi connectivity index (χ2v) is 7.30. The lowest BCUT2D eigenvalue weighted by Crippen LogP contribution is -2.19. The van der Waals surface area contributed by atoms with E-state index in [0.29, 0.717) is 22.9 Å². The van der Waals surface area contributed by atoms with Crippen LogP contribution in [0.4, 0.5) is 4.39 Å². The molecule has 4 aromatic rings. The summed E-state index contributed by atoms with van der Waals surface area (Å²) in [6, 6.07) is 16.9. The minimum atomic E-state index is -0.441. The molecule has 0 radical (unpaired) electrons. The highest BCUT2D eigenvalue weighted by Gasteiger charge is 2.08. The lowest BCUT2D eigenvalue weighted by molar-refractivity contribution is 0.288. The second-order valence-electron chi connectivity index (χ2n) is 6.86. The normalized spacial score (nSPS) is 10.9. The van der Waals surface area contributed by atoms with E-state index in [1.165, 1.54) is 16.7 Å². The Morgan fingerprint density at radius 1 is 1.07 bits per heavy atom. The monoisotopic (exact) mass is 424 g/mol. The molecule has 0 amide bonds. The summed E-state index contributed by atoms with van der Waals surface area (Å²) in [5, 5.41) is 4.21. The zero-order valence-electron chi connectivity index (χ0n) is 16.1. The SMILES string of the molecule is Cc1cc(COc2ccc(-c3ccc(=O)n(Cc4ccc(Cl)cc4F)c3)cc2)no1. The molecule has 0 aliphatic rings. The molecule has 0 aliphatic carbocycles. The summed E-state index contributed by atoms with van der Waals surface area (Å²) < 4.78 is 26.3. The van der Waals surface area contributed by atoms with Crippen LogP contribution in [0.3, 0.4) is 0 Å². The molecule has 0 unspecified atom stereocenters. The molecule has 7 heteroatoms. The summed E-state index contributed by atoms with van der Waals surface area (Å²) in [7, 11) is 0. The van der Waals surface area contributed by atoms with Crippen LogP contribution in [-0.2, 0) is 13.2 Å². The van der Waals surface area contributed by atoms with Gasteiger partial charge in [0.05, 0.1) is 6.54 Å². The molecule has 5 nitrogen and oxygen atoms in total. The number of pyridine rings is 1. The summed E-state index contributed by atoms with van der Waals surface area (Å²) in [4.78, 5) is 12.2. The van der Waals surface area contributed by atoms with Gasteiger partial charge in [-0.05, 0) is 48.4 Å². The Morgan fingerprint density at radius 3 is 2.53 bits per heavy atom. The van der Waals surface area contributed by atoms with Gasteiger partial charge in [-0.25, -0.2) is 4.39 Å². The molecule has 0 saturated heterocycles. The minimum Gasteiger partial charge on any atom is -0.487 e.